The van der Waals surface area contributed by atoms with Crippen LogP contribution in [0, 0.1) is 0 Å². The van der Waals surface area contributed by atoms with Crippen molar-refractivity contribution in [1.29, 1.82) is 0 Å². The van der Waals surface area contributed by atoms with Crippen molar-refractivity contribution >= 4 is 5.97 Å². The van der Waals surface area contributed by atoms with E-state index in [2.05, 4.69) is 18.7 Å². The molecule has 5 heteroatoms. The molecule has 0 amide bonds. The van der Waals surface area contributed by atoms with E-state index in [1.54, 1.807) is 7.11 Å². The Morgan fingerprint density at radius 3 is 2.44 bits per heavy atom. The highest BCUT2D eigenvalue weighted by atomic mass is 16.5. The maximum absolute atomic E-state index is 11.1. The third-order valence-electron chi connectivity index (χ3n) is 3.44. The number of carbonyl (C=O) groups is 1. The number of hydrogen-bond acceptors (Lipinski definition) is 4. The molecule has 0 radical (unpaired) electrons. The number of carboxylic acids is 1. The van der Waals surface area contributed by atoms with Gasteiger partial charge in [0, 0.05) is 19.7 Å². The Balaban J connectivity index is 4.16. The molecule has 1 unspecified atom stereocenters. The monoisotopic (exact) mass is 260 g/mol. The minimum atomic E-state index is -1.08. The minimum absolute atomic E-state index is 0.429. The number of nitrogens with two attached hydrogens (primary N) is 1. The maximum Gasteiger partial charge on any atom is 0.323 e. The lowest BCUT2D eigenvalue weighted by Crippen LogP contribution is -2.48. The summed E-state index contributed by atoms with van der Waals surface area (Å²) in [7, 11) is 1.69. The molecule has 3 N–H and O–H groups in total. The van der Waals surface area contributed by atoms with Crippen LogP contribution in [-0.4, -0.2) is 54.4 Å². The molecule has 0 fully saturated rings. The Morgan fingerprint density at radius 2 is 2.06 bits per heavy atom. The smallest absolute Gasteiger partial charge is 0.323 e. The Labute approximate surface area is 110 Å². The van der Waals surface area contributed by atoms with Crippen LogP contribution in [0.1, 0.15) is 40.0 Å². The lowest BCUT2D eigenvalue weighted by Gasteiger charge is -2.28. The van der Waals surface area contributed by atoms with Gasteiger partial charge in [-0.25, -0.2) is 0 Å². The number of carboxylic acid groups (broad SMARTS) is 1. The van der Waals surface area contributed by atoms with Crippen LogP contribution in [0.4, 0.5) is 0 Å². The van der Waals surface area contributed by atoms with Gasteiger partial charge in [-0.2, -0.15) is 0 Å². The number of methoxy groups -OCH3 is 1. The van der Waals surface area contributed by atoms with Gasteiger partial charge in [-0.15, -0.1) is 0 Å². The summed E-state index contributed by atoms with van der Waals surface area (Å²) >= 11 is 0. The second kappa shape index (κ2) is 8.45. The van der Waals surface area contributed by atoms with Gasteiger partial charge in [0.15, 0.2) is 0 Å². The minimum Gasteiger partial charge on any atom is -0.480 e. The summed E-state index contributed by atoms with van der Waals surface area (Å²) in [4.78, 5) is 13.4. The van der Waals surface area contributed by atoms with E-state index in [9.17, 15) is 4.79 Å². The number of rotatable bonds is 10. The predicted octanol–water partition coefficient (Wildman–Crippen LogP) is 1.32. The Morgan fingerprint density at radius 1 is 1.44 bits per heavy atom. The zero-order valence-electron chi connectivity index (χ0n) is 12.1. The normalized spacial score (nSPS) is 15.1. The highest BCUT2D eigenvalue weighted by Crippen LogP contribution is 2.15. The van der Waals surface area contributed by atoms with E-state index in [0.717, 1.165) is 19.5 Å². The van der Waals surface area contributed by atoms with Crippen LogP contribution in [0.25, 0.3) is 0 Å². The van der Waals surface area contributed by atoms with Gasteiger partial charge < -0.3 is 15.6 Å². The molecule has 1 atom stereocenters. The summed E-state index contributed by atoms with van der Waals surface area (Å²) in [6.45, 7) is 8.49. The Kier molecular flexibility index (Phi) is 8.15. The van der Waals surface area contributed by atoms with E-state index in [4.69, 9.17) is 15.6 Å². The van der Waals surface area contributed by atoms with E-state index >= 15 is 0 Å². The van der Waals surface area contributed by atoms with Crippen LogP contribution in [0.3, 0.4) is 0 Å². The molecule has 0 saturated heterocycles. The topological polar surface area (TPSA) is 75.8 Å². The van der Waals surface area contributed by atoms with E-state index in [0.29, 0.717) is 25.5 Å². The summed E-state index contributed by atoms with van der Waals surface area (Å²) in [5.41, 5.74) is 4.78. The fourth-order valence-electron chi connectivity index (χ4n) is 1.87. The SMILES string of the molecule is CCC(N)(CCCN(CCOC)C(C)C)C(=O)O. The lowest BCUT2D eigenvalue weighted by atomic mass is 9.91. The standard InChI is InChI=1S/C13H28N2O3/c1-5-13(14,12(16)17)7-6-8-15(11(2)3)9-10-18-4/h11H,5-10,14H2,1-4H3,(H,16,17). The molecule has 18 heavy (non-hydrogen) atoms. The molecule has 0 aromatic rings. The third kappa shape index (κ3) is 5.80. The maximum atomic E-state index is 11.1. The van der Waals surface area contributed by atoms with Gasteiger partial charge in [-0.3, -0.25) is 9.69 Å². The van der Waals surface area contributed by atoms with Crippen LogP contribution in [0.15, 0.2) is 0 Å². The largest absolute Gasteiger partial charge is 0.480 e. The van der Waals surface area contributed by atoms with Crippen LogP contribution in [-0.2, 0) is 9.53 Å². The second-order valence-electron chi connectivity index (χ2n) is 5.04. The lowest BCUT2D eigenvalue weighted by molar-refractivity contribution is -0.143. The number of hydrogen-bond donors (Lipinski definition) is 2. The highest BCUT2D eigenvalue weighted by molar-refractivity contribution is 5.78. The number of aliphatic carboxylic acids is 1. The van der Waals surface area contributed by atoms with Gasteiger partial charge in [0.25, 0.3) is 0 Å². The molecule has 0 rings (SSSR count). The predicted molar refractivity (Wildman–Crippen MR) is 72.7 cm³/mol. The fraction of sp³-hybridized carbons (Fsp3) is 0.923. The first-order valence-electron chi connectivity index (χ1n) is 6.62. The van der Waals surface area contributed by atoms with Gasteiger partial charge >= 0.3 is 5.97 Å². The average molecular weight is 260 g/mol. The summed E-state index contributed by atoms with van der Waals surface area (Å²) in [6, 6.07) is 0.429. The third-order valence-corrected chi connectivity index (χ3v) is 3.44. The number of ether oxygens (including phenoxy) is 1. The Bertz CT molecular complexity index is 246. The van der Waals surface area contributed by atoms with Crippen LogP contribution >= 0.6 is 0 Å². The molecule has 0 saturated carbocycles. The van der Waals surface area contributed by atoms with E-state index in [1.165, 1.54) is 0 Å². The van der Waals surface area contributed by atoms with E-state index < -0.39 is 11.5 Å². The molecule has 0 aliphatic heterocycles. The van der Waals surface area contributed by atoms with E-state index in [1.807, 2.05) is 6.92 Å². The summed E-state index contributed by atoms with van der Waals surface area (Å²) in [6.07, 6.45) is 1.76. The summed E-state index contributed by atoms with van der Waals surface area (Å²) in [5, 5.41) is 9.09. The zero-order chi connectivity index (χ0) is 14.2. The first kappa shape index (κ1) is 17.4. The molecular formula is C13H28N2O3. The second-order valence-corrected chi connectivity index (χ2v) is 5.04. The quantitative estimate of drug-likeness (QED) is 0.619. The molecule has 0 heterocycles. The van der Waals surface area contributed by atoms with Crippen LogP contribution in [0.5, 0.6) is 0 Å². The first-order chi connectivity index (χ1) is 8.37. The van der Waals surface area contributed by atoms with E-state index in [-0.39, 0.29) is 0 Å². The van der Waals surface area contributed by atoms with Crippen molar-refractivity contribution in [2.24, 2.45) is 5.73 Å². The fourth-order valence-corrected chi connectivity index (χ4v) is 1.87. The van der Waals surface area contributed by atoms with Crippen molar-refractivity contribution in [3.05, 3.63) is 0 Å². The molecule has 0 aromatic carbocycles. The highest BCUT2D eigenvalue weighted by Gasteiger charge is 2.31. The zero-order valence-corrected chi connectivity index (χ0v) is 12.1. The van der Waals surface area contributed by atoms with Gasteiger partial charge in [-0.05, 0) is 39.7 Å². The summed E-state index contributed by atoms with van der Waals surface area (Å²) in [5.74, 6) is -0.905. The van der Waals surface area contributed by atoms with Crippen molar-refractivity contribution in [3.63, 3.8) is 0 Å². The van der Waals surface area contributed by atoms with Crippen molar-refractivity contribution in [2.75, 3.05) is 26.8 Å². The molecule has 0 aromatic heterocycles. The molecule has 0 spiro atoms. The molecule has 5 nitrogen and oxygen atoms in total. The first-order valence-corrected chi connectivity index (χ1v) is 6.62. The molecule has 0 bridgehead atoms. The molecular weight excluding hydrogens is 232 g/mol. The van der Waals surface area contributed by atoms with Crippen molar-refractivity contribution in [3.8, 4) is 0 Å². The van der Waals surface area contributed by atoms with Crippen molar-refractivity contribution in [2.45, 2.75) is 51.6 Å². The van der Waals surface area contributed by atoms with Crippen LogP contribution < -0.4 is 5.73 Å². The summed E-state index contributed by atoms with van der Waals surface area (Å²) < 4.78 is 5.07. The van der Waals surface area contributed by atoms with Gasteiger partial charge in [0.1, 0.15) is 5.54 Å². The Hall–Kier alpha value is -0.650. The van der Waals surface area contributed by atoms with Crippen LogP contribution in [0.2, 0.25) is 0 Å². The molecule has 108 valence electrons. The van der Waals surface area contributed by atoms with Gasteiger partial charge in [-0.1, -0.05) is 6.92 Å². The molecule has 0 aliphatic carbocycles. The van der Waals surface area contributed by atoms with Gasteiger partial charge in [0.05, 0.1) is 6.61 Å². The molecule has 0 aliphatic rings. The average Bonchev–Trinajstić information content (AvgIpc) is 2.32. The van der Waals surface area contributed by atoms with Gasteiger partial charge in [0.2, 0.25) is 0 Å². The van der Waals surface area contributed by atoms with Crippen molar-refractivity contribution in [1.82, 2.24) is 4.90 Å². The number of nitrogens with zero attached hydrogens (tertiary/aromatic N) is 1. The van der Waals surface area contributed by atoms with Crippen molar-refractivity contribution < 1.29 is 14.6 Å².